The van der Waals surface area contributed by atoms with Gasteiger partial charge in [-0.15, -0.1) is 0 Å². The van der Waals surface area contributed by atoms with E-state index in [1.807, 2.05) is 0 Å². The van der Waals surface area contributed by atoms with Gasteiger partial charge in [0.15, 0.2) is 0 Å². The maximum atomic E-state index is 5.97. The van der Waals surface area contributed by atoms with Gasteiger partial charge in [0.05, 0.1) is 6.10 Å². The molecule has 0 aliphatic carbocycles. The number of nitrogens with one attached hydrogen (secondary N) is 1. The summed E-state index contributed by atoms with van der Waals surface area (Å²) in [4.78, 5) is 0. The highest BCUT2D eigenvalue weighted by Crippen LogP contribution is 2.14. The van der Waals surface area contributed by atoms with Gasteiger partial charge in [-0.3, -0.25) is 0 Å². The van der Waals surface area contributed by atoms with Gasteiger partial charge >= 0.3 is 0 Å². The molecule has 0 aromatic rings. The van der Waals surface area contributed by atoms with Crippen LogP contribution in [0.25, 0.3) is 0 Å². The molecule has 0 saturated heterocycles. The van der Waals surface area contributed by atoms with Gasteiger partial charge in [-0.25, -0.2) is 0 Å². The Morgan fingerprint density at radius 1 is 0.944 bits per heavy atom. The molecule has 2 nitrogen and oxygen atoms in total. The smallest absolute Gasteiger partial charge is 0.0547 e. The average molecular weight is 257 g/mol. The molecule has 0 bridgehead atoms. The summed E-state index contributed by atoms with van der Waals surface area (Å²) < 4.78 is 5.97. The van der Waals surface area contributed by atoms with E-state index < -0.39 is 0 Å². The van der Waals surface area contributed by atoms with Gasteiger partial charge in [-0.2, -0.15) is 0 Å². The first-order valence-electron chi connectivity index (χ1n) is 8.06. The summed E-state index contributed by atoms with van der Waals surface area (Å²) in [5, 5.41) is 3.44. The van der Waals surface area contributed by atoms with Gasteiger partial charge in [-0.1, -0.05) is 40.0 Å². The number of ether oxygens (including phenoxy) is 1. The molecule has 0 amide bonds. The number of rotatable bonds is 13. The molecule has 0 rings (SSSR count). The molecular weight excluding hydrogens is 222 g/mol. The first-order valence-corrected chi connectivity index (χ1v) is 8.06. The highest BCUT2D eigenvalue weighted by molar-refractivity contribution is 4.59. The largest absolute Gasteiger partial charge is 0.378 e. The highest BCUT2D eigenvalue weighted by atomic mass is 16.5. The fourth-order valence-corrected chi connectivity index (χ4v) is 2.10. The lowest BCUT2D eigenvalue weighted by molar-refractivity contribution is 0.0309. The summed E-state index contributed by atoms with van der Waals surface area (Å²) in [6.45, 7) is 12.2. The van der Waals surface area contributed by atoms with E-state index in [1.165, 1.54) is 44.9 Å². The Hall–Kier alpha value is -0.0800. The molecular formula is C16H35NO. The Morgan fingerprint density at radius 2 is 1.72 bits per heavy atom. The van der Waals surface area contributed by atoms with Crippen LogP contribution in [0.15, 0.2) is 0 Å². The summed E-state index contributed by atoms with van der Waals surface area (Å²) in [7, 11) is 0. The third-order valence-corrected chi connectivity index (χ3v) is 3.55. The molecule has 110 valence electrons. The Morgan fingerprint density at radius 3 is 2.33 bits per heavy atom. The Kier molecular flexibility index (Phi) is 13.3. The third kappa shape index (κ3) is 11.0. The van der Waals surface area contributed by atoms with Crippen molar-refractivity contribution < 1.29 is 4.74 Å². The second-order valence-electron chi connectivity index (χ2n) is 5.45. The molecule has 0 saturated carbocycles. The zero-order valence-electron chi connectivity index (χ0n) is 13.1. The van der Waals surface area contributed by atoms with Gasteiger partial charge in [0.2, 0.25) is 0 Å². The zero-order chi connectivity index (χ0) is 13.6. The SMILES string of the molecule is CCCCC(CC)COC(C)CCCNCCC. The standard InChI is InChI=1S/C16H35NO/c1-5-8-11-16(7-3)14-18-15(4)10-9-13-17-12-6-2/h15-17H,5-14H2,1-4H3. The minimum atomic E-state index is 0.420. The normalized spacial score (nSPS) is 14.7. The topological polar surface area (TPSA) is 21.3 Å². The molecule has 0 heterocycles. The molecule has 0 fully saturated rings. The summed E-state index contributed by atoms with van der Waals surface area (Å²) in [5.74, 6) is 0.769. The maximum Gasteiger partial charge on any atom is 0.0547 e. The lowest BCUT2D eigenvalue weighted by atomic mass is 10.0. The fourth-order valence-electron chi connectivity index (χ4n) is 2.10. The van der Waals surface area contributed by atoms with Crippen LogP contribution in [0.3, 0.4) is 0 Å². The molecule has 1 N–H and O–H groups in total. The molecule has 18 heavy (non-hydrogen) atoms. The molecule has 0 aromatic carbocycles. The van der Waals surface area contributed by atoms with Gasteiger partial charge in [-0.05, 0) is 51.6 Å². The Balaban J connectivity index is 3.45. The predicted molar refractivity (Wildman–Crippen MR) is 81.1 cm³/mol. The van der Waals surface area contributed by atoms with E-state index in [1.54, 1.807) is 0 Å². The maximum absolute atomic E-state index is 5.97. The lowest BCUT2D eigenvalue weighted by Crippen LogP contribution is -2.20. The van der Waals surface area contributed by atoms with Crippen LogP contribution in [0.4, 0.5) is 0 Å². The van der Waals surface area contributed by atoms with Gasteiger partial charge < -0.3 is 10.1 Å². The van der Waals surface area contributed by atoms with Crippen LogP contribution < -0.4 is 5.32 Å². The number of hydrogen-bond acceptors (Lipinski definition) is 2. The summed E-state index contributed by atoms with van der Waals surface area (Å²) in [6, 6.07) is 0. The van der Waals surface area contributed by atoms with E-state index >= 15 is 0 Å². The van der Waals surface area contributed by atoms with Crippen molar-refractivity contribution in [3.05, 3.63) is 0 Å². The van der Waals surface area contributed by atoms with Crippen molar-refractivity contribution >= 4 is 0 Å². The Labute approximate surface area is 115 Å². The van der Waals surface area contributed by atoms with E-state index in [2.05, 4.69) is 33.0 Å². The molecule has 0 spiro atoms. The van der Waals surface area contributed by atoms with Gasteiger partial charge in [0.25, 0.3) is 0 Å². The predicted octanol–water partition coefficient (Wildman–Crippen LogP) is 4.39. The second-order valence-corrected chi connectivity index (χ2v) is 5.45. The van der Waals surface area contributed by atoms with Crippen molar-refractivity contribution in [2.45, 2.75) is 78.7 Å². The quantitative estimate of drug-likeness (QED) is 0.494. The van der Waals surface area contributed by atoms with Crippen molar-refractivity contribution in [2.24, 2.45) is 5.92 Å². The second kappa shape index (κ2) is 13.4. The van der Waals surface area contributed by atoms with E-state index in [0.717, 1.165) is 25.6 Å². The molecule has 0 aromatic heterocycles. The van der Waals surface area contributed by atoms with E-state index in [-0.39, 0.29) is 0 Å². The third-order valence-electron chi connectivity index (χ3n) is 3.55. The molecule has 0 aliphatic rings. The zero-order valence-corrected chi connectivity index (χ0v) is 13.1. The number of hydrogen-bond donors (Lipinski definition) is 1. The van der Waals surface area contributed by atoms with Crippen molar-refractivity contribution in [1.82, 2.24) is 5.32 Å². The van der Waals surface area contributed by atoms with Crippen molar-refractivity contribution in [1.29, 1.82) is 0 Å². The summed E-state index contributed by atoms with van der Waals surface area (Å²) >= 11 is 0. The van der Waals surface area contributed by atoms with Crippen molar-refractivity contribution in [3.63, 3.8) is 0 Å². The summed E-state index contributed by atoms with van der Waals surface area (Å²) in [5.41, 5.74) is 0. The van der Waals surface area contributed by atoms with Crippen LogP contribution in [-0.2, 0) is 4.74 Å². The van der Waals surface area contributed by atoms with Crippen molar-refractivity contribution in [3.8, 4) is 0 Å². The van der Waals surface area contributed by atoms with Crippen LogP contribution in [0.1, 0.15) is 72.6 Å². The van der Waals surface area contributed by atoms with E-state index in [0.29, 0.717) is 6.10 Å². The van der Waals surface area contributed by atoms with Crippen LogP contribution >= 0.6 is 0 Å². The van der Waals surface area contributed by atoms with E-state index in [9.17, 15) is 0 Å². The first kappa shape index (κ1) is 17.9. The molecule has 2 unspecified atom stereocenters. The monoisotopic (exact) mass is 257 g/mol. The minimum absolute atomic E-state index is 0.420. The molecule has 2 atom stereocenters. The van der Waals surface area contributed by atoms with Gasteiger partial charge in [0, 0.05) is 6.61 Å². The van der Waals surface area contributed by atoms with Gasteiger partial charge in [0.1, 0.15) is 0 Å². The van der Waals surface area contributed by atoms with Crippen LogP contribution in [0.5, 0.6) is 0 Å². The minimum Gasteiger partial charge on any atom is -0.378 e. The average Bonchev–Trinajstić information content (AvgIpc) is 2.39. The molecule has 0 aliphatic heterocycles. The molecule has 2 heteroatoms. The lowest BCUT2D eigenvalue weighted by Gasteiger charge is -2.19. The molecule has 0 radical (unpaired) electrons. The first-order chi connectivity index (χ1) is 8.74. The Bertz CT molecular complexity index is 161. The van der Waals surface area contributed by atoms with Crippen LogP contribution in [0, 0.1) is 5.92 Å². The highest BCUT2D eigenvalue weighted by Gasteiger charge is 2.09. The fraction of sp³-hybridized carbons (Fsp3) is 1.00. The van der Waals surface area contributed by atoms with Crippen LogP contribution in [-0.4, -0.2) is 25.8 Å². The number of unbranched alkanes of at least 4 members (excludes halogenated alkanes) is 1. The van der Waals surface area contributed by atoms with Crippen molar-refractivity contribution in [2.75, 3.05) is 19.7 Å². The summed E-state index contributed by atoms with van der Waals surface area (Å²) in [6.07, 6.45) is 9.29. The van der Waals surface area contributed by atoms with Crippen LogP contribution in [0.2, 0.25) is 0 Å². The van der Waals surface area contributed by atoms with E-state index in [4.69, 9.17) is 4.74 Å².